The van der Waals surface area contributed by atoms with Crippen LogP contribution in [0.25, 0.3) is 0 Å². The van der Waals surface area contributed by atoms with E-state index in [2.05, 4.69) is 31.0 Å². The fourth-order valence-corrected chi connectivity index (χ4v) is 1.87. The highest BCUT2D eigenvalue weighted by atomic mass is 16.5. The first-order chi connectivity index (χ1) is 6.74. The van der Waals surface area contributed by atoms with Gasteiger partial charge in [0.15, 0.2) is 0 Å². The zero-order chi connectivity index (χ0) is 9.97. The third-order valence-electron chi connectivity index (χ3n) is 2.64. The maximum Gasteiger partial charge on any atom is 0.120 e. The summed E-state index contributed by atoms with van der Waals surface area (Å²) in [5.74, 6) is 1.00. The van der Waals surface area contributed by atoms with Crippen molar-refractivity contribution in [3.8, 4) is 5.75 Å². The van der Waals surface area contributed by atoms with Crippen LogP contribution in [0, 0.1) is 6.92 Å². The number of benzene rings is 1. The molecule has 1 aliphatic heterocycles. The van der Waals surface area contributed by atoms with E-state index in [9.17, 15) is 0 Å². The topological polar surface area (TPSA) is 12.5 Å². The van der Waals surface area contributed by atoms with Crippen LogP contribution in [0.1, 0.15) is 12.0 Å². The molecule has 1 atom stereocenters. The fraction of sp³-hybridized carbons (Fsp3) is 0.500. The second kappa shape index (κ2) is 4.01. The Labute approximate surface area is 85.5 Å². The van der Waals surface area contributed by atoms with Crippen molar-refractivity contribution >= 4 is 0 Å². The summed E-state index contributed by atoms with van der Waals surface area (Å²) in [6.45, 7) is 4.29. The maximum atomic E-state index is 5.88. The summed E-state index contributed by atoms with van der Waals surface area (Å²) in [7, 11) is 2.14. The van der Waals surface area contributed by atoms with Gasteiger partial charge in [-0.15, -0.1) is 0 Å². The molecule has 1 aromatic rings. The molecule has 0 aliphatic carbocycles. The Morgan fingerprint density at radius 2 is 2.29 bits per heavy atom. The van der Waals surface area contributed by atoms with Crippen molar-refractivity contribution in [3.05, 3.63) is 29.8 Å². The minimum atomic E-state index is 0.377. The molecule has 0 amide bonds. The van der Waals surface area contributed by atoms with Gasteiger partial charge in [-0.3, -0.25) is 0 Å². The first-order valence-electron chi connectivity index (χ1n) is 5.16. The normalized spacial score (nSPS) is 22.6. The Balaban J connectivity index is 1.97. The van der Waals surface area contributed by atoms with Gasteiger partial charge in [0, 0.05) is 13.1 Å². The minimum absolute atomic E-state index is 0.377. The van der Waals surface area contributed by atoms with Gasteiger partial charge in [-0.1, -0.05) is 12.1 Å². The average Bonchev–Trinajstić information content (AvgIpc) is 2.51. The molecule has 76 valence electrons. The minimum Gasteiger partial charge on any atom is -0.489 e. The molecule has 1 heterocycles. The molecule has 0 saturated carbocycles. The van der Waals surface area contributed by atoms with E-state index >= 15 is 0 Å². The largest absolute Gasteiger partial charge is 0.489 e. The Morgan fingerprint density at radius 1 is 1.43 bits per heavy atom. The first kappa shape index (κ1) is 9.53. The van der Waals surface area contributed by atoms with Gasteiger partial charge < -0.3 is 9.64 Å². The third kappa shape index (κ3) is 2.26. The second-order valence-corrected chi connectivity index (χ2v) is 4.11. The predicted molar refractivity (Wildman–Crippen MR) is 57.7 cm³/mol. The van der Waals surface area contributed by atoms with Gasteiger partial charge in [0.1, 0.15) is 11.9 Å². The van der Waals surface area contributed by atoms with Crippen LogP contribution in [0.5, 0.6) is 5.75 Å². The standard InChI is InChI=1S/C12H17NO/c1-10-4-3-5-11(8-10)14-12-6-7-13(2)9-12/h3-5,8,12H,6-7,9H2,1-2H3/t12-/m1/s1. The van der Waals surface area contributed by atoms with Gasteiger partial charge >= 0.3 is 0 Å². The van der Waals surface area contributed by atoms with E-state index in [-0.39, 0.29) is 0 Å². The maximum absolute atomic E-state index is 5.88. The summed E-state index contributed by atoms with van der Waals surface area (Å²) in [6, 6.07) is 8.26. The molecule has 1 saturated heterocycles. The van der Waals surface area contributed by atoms with E-state index in [1.165, 1.54) is 5.56 Å². The quantitative estimate of drug-likeness (QED) is 0.709. The smallest absolute Gasteiger partial charge is 0.120 e. The Kier molecular flexibility index (Phi) is 2.73. The highest BCUT2D eigenvalue weighted by Crippen LogP contribution is 2.18. The first-order valence-corrected chi connectivity index (χ1v) is 5.16. The van der Waals surface area contributed by atoms with Gasteiger partial charge in [-0.2, -0.15) is 0 Å². The van der Waals surface area contributed by atoms with Gasteiger partial charge in [-0.05, 0) is 38.1 Å². The van der Waals surface area contributed by atoms with Crippen LogP contribution in [0.3, 0.4) is 0 Å². The molecule has 2 rings (SSSR count). The average molecular weight is 191 g/mol. The van der Waals surface area contributed by atoms with Crippen molar-refractivity contribution in [2.45, 2.75) is 19.4 Å². The number of likely N-dealkylation sites (N-methyl/N-ethyl adjacent to an activating group) is 1. The Morgan fingerprint density at radius 3 is 2.93 bits per heavy atom. The van der Waals surface area contributed by atoms with E-state index in [1.54, 1.807) is 0 Å². The van der Waals surface area contributed by atoms with E-state index < -0.39 is 0 Å². The number of likely N-dealkylation sites (tertiary alicyclic amines) is 1. The van der Waals surface area contributed by atoms with Crippen LogP contribution >= 0.6 is 0 Å². The Hall–Kier alpha value is -1.02. The molecule has 0 aromatic heterocycles. The summed E-state index contributed by atoms with van der Waals surface area (Å²) in [5.41, 5.74) is 1.26. The molecule has 1 fully saturated rings. The van der Waals surface area contributed by atoms with Crippen LogP contribution in [-0.2, 0) is 0 Å². The molecule has 0 spiro atoms. The van der Waals surface area contributed by atoms with Crippen LogP contribution in [0.15, 0.2) is 24.3 Å². The van der Waals surface area contributed by atoms with E-state index in [0.29, 0.717) is 6.10 Å². The van der Waals surface area contributed by atoms with Crippen molar-refractivity contribution in [3.63, 3.8) is 0 Å². The summed E-state index contributed by atoms with van der Waals surface area (Å²) >= 11 is 0. The highest BCUT2D eigenvalue weighted by Gasteiger charge is 2.20. The molecule has 0 radical (unpaired) electrons. The molecule has 1 aliphatic rings. The van der Waals surface area contributed by atoms with E-state index in [4.69, 9.17) is 4.74 Å². The third-order valence-corrected chi connectivity index (χ3v) is 2.64. The molecular formula is C12H17NO. The monoisotopic (exact) mass is 191 g/mol. The number of hydrogen-bond donors (Lipinski definition) is 0. The molecule has 0 bridgehead atoms. The van der Waals surface area contributed by atoms with Crippen LogP contribution in [-0.4, -0.2) is 31.1 Å². The zero-order valence-electron chi connectivity index (χ0n) is 8.86. The van der Waals surface area contributed by atoms with Crippen LogP contribution in [0.4, 0.5) is 0 Å². The lowest BCUT2D eigenvalue weighted by Gasteiger charge is -2.13. The summed E-state index contributed by atoms with van der Waals surface area (Å²) in [6.07, 6.45) is 1.52. The fourth-order valence-electron chi connectivity index (χ4n) is 1.87. The lowest BCUT2D eigenvalue weighted by atomic mass is 10.2. The van der Waals surface area contributed by atoms with Gasteiger partial charge in [-0.25, -0.2) is 0 Å². The SMILES string of the molecule is Cc1cccc(O[C@@H]2CCN(C)C2)c1. The summed E-state index contributed by atoms with van der Waals surface area (Å²) in [4.78, 5) is 2.31. The molecule has 0 N–H and O–H groups in total. The van der Waals surface area contributed by atoms with Crippen molar-refractivity contribution in [1.29, 1.82) is 0 Å². The summed E-state index contributed by atoms with van der Waals surface area (Å²) < 4.78 is 5.88. The van der Waals surface area contributed by atoms with Gasteiger partial charge in [0.2, 0.25) is 0 Å². The summed E-state index contributed by atoms with van der Waals surface area (Å²) in [5, 5.41) is 0. The number of aryl methyl sites for hydroxylation is 1. The predicted octanol–water partition coefficient (Wildman–Crippen LogP) is 2.08. The van der Waals surface area contributed by atoms with Gasteiger partial charge in [0.25, 0.3) is 0 Å². The molecular weight excluding hydrogens is 174 g/mol. The van der Waals surface area contributed by atoms with E-state index in [0.717, 1.165) is 25.3 Å². The van der Waals surface area contributed by atoms with Crippen LogP contribution in [0.2, 0.25) is 0 Å². The zero-order valence-corrected chi connectivity index (χ0v) is 8.86. The number of rotatable bonds is 2. The number of nitrogens with zero attached hydrogens (tertiary/aromatic N) is 1. The lowest BCUT2D eigenvalue weighted by molar-refractivity contribution is 0.208. The molecule has 0 unspecified atom stereocenters. The van der Waals surface area contributed by atoms with E-state index in [1.807, 2.05) is 12.1 Å². The lowest BCUT2D eigenvalue weighted by Crippen LogP contribution is -2.21. The second-order valence-electron chi connectivity index (χ2n) is 4.11. The van der Waals surface area contributed by atoms with Crippen molar-refractivity contribution in [1.82, 2.24) is 4.90 Å². The number of ether oxygens (including phenoxy) is 1. The van der Waals surface area contributed by atoms with Crippen molar-refractivity contribution in [2.75, 3.05) is 20.1 Å². The highest BCUT2D eigenvalue weighted by molar-refractivity contribution is 5.27. The molecule has 14 heavy (non-hydrogen) atoms. The molecule has 2 heteroatoms. The van der Waals surface area contributed by atoms with Gasteiger partial charge in [0.05, 0.1) is 0 Å². The Bertz CT molecular complexity index is 311. The molecule has 2 nitrogen and oxygen atoms in total. The van der Waals surface area contributed by atoms with Crippen LogP contribution < -0.4 is 4.74 Å². The van der Waals surface area contributed by atoms with Crippen molar-refractivity contribution in [2.24, 2.45) is 0 Å². The molecule has 1 aromatic carbocycles. The van der Waals surface area contributed by atoms with Crippen molar-refractivity contribution < 1.29 is 4.74 Å². The number of hydrogen-bond acceptors (Lipinski definition) is 2.